The first-order valence-corrected chi connectivity index (χ1v) is 4.09. The third-order valence-electron chi connectivity index (χ3n) is 1.47. The molecule has 2 N–H and O–H groups in total. The van der Waals surface area contributed by atoms with E-state index in [1.807, 2.05) is 0 Å². The van der Waals surface area contributed by atoms with Gasteiger partial charge in [-0.1, -0.05) is 5.11 Å². The molecule has 1 heterocycles. The zero-order valence-electron chi connectivity index (χ0n) is 7.67. The number of H-pyrrole nitrogens is 1. The van der Waals surface area contributed by atoms with Crippen LogP contribution < -0.4 is 10.9 Å². The van der Waals surface area contributed by atoms with E-state index in [0.717, 1.165) is 0 Å². The second-order valence-electron chi connectivity index (χ2n) is 2.52. The topological polar surface area (TPSA) is 124 Å². The van der Waals surface area contributed by atoms with Crippen molar-refractivity contribution in [1.82, 2.24) is 15.5 Å². The molecule has 78 valence electrons. The van der Waals surface area contributed by atoms with Gasteiger partial charge in [-0.3, -0.25) is 9.59 Å². The quantitative estimate of drug-likeness (QED) is 0.308. The Hall–Kier alpha value is -2.34. The lowest BCUT2D eigenvalue weighted by Crippen LogP contribution is -2.27. The summed E-state index contributed by atoms with van der Waals surface area (Å²) in [5, 5.41) is 11.4. The Labute approximate surface area is 83.9 Å². The Morgan fingerprint density at radius 2 is 2.47 bits per heavy atom. The van der Waals surface area contributed by atoms with Crippen LogP contribution in [0.25, 0.3) is 10.4 Å². The number of carbonyl (C=O) groups excluding carboxylic acids is 1. The van der Waals surface area contributed by atoms with E-state index in [0.29, 0.717) is 0 Å². The van der Waals surface area contributed by atoms with Crippen molar-refractivity contribution in [2.45, 2.75) is 0 Å². The Balaban J connectivity index is 2.50. The number of nitrogens with one attached hydrogen (secondary N) is 2. The van der Waals surface area contributed by atoms with Crippen LogP contribution >= 0.6 is 0 Å². The average molecular weight is 208 g/mol. The molecule has 0 saturated carbocycles. The fourth-order valence-electron chi connectivity index (χ4n) is 0.826. The largest absolute Gasteiger partial charge is 0.351 e. The highest BCUT2D eigenvalue weighted by atomic mass is 16.2. The van der Waals surface area contributed by atoms with Gasteiger partial charge in [0, 0.05) is 24.1 Å². The number of hydrogen-bond donors (Lipinski definition) is 2. The van der Waals surface area contributed by atoms with E-state index in [4.69, 9.17) is 5.53 Å². The monoisotopic (exact) mass is 208 g/mol. The van der Waals surface area contributed by atoms with Gasteiger partial charge >= 0.3 is 0 Å². The van der Waals surface area contributed by atoms with Gasteiger partial charge in [-0.25, -0.2) is 5.10 Å². The van der Waals surface area contributed by atoms with Crippen molar-refractivity contribution in [2.75, 3.05) is 13.1 Å². The van der Waals surface area contributed by atoms with Crippen molar-refractivity contribution in [2.24, 2.45) is 5.11 Å². The maximum absolute atomic E-state index is 11.3. The van der Waals surface area contributed by atoms with Crippen LogP contribution in [-0.2, 0) is 0 Å². The number of hydrogen-bond acceptors (Lipinski definition) is 4. The van der Waals surface area contributed by atoms with Crippen LogP contribution in [0.5, 0.6) is 0 Å². The summed E-state index contributed by atoms with van der Waals surface area (Å²) in [4.78, 5) is 24.5. The molecule has 0 fully saturated rings. The summed E-state index contributed by atoms with van der Waals surface area (Å²) in [5.74, 6) is -0.431. The van der Waals surface area contributed by atoms with E-state index in [1.54, 1.807) is 0 Å². The van der Waals surface area contributed by atoms with Gasteiger partial charge in [0.2, 0.25) is 0 Å². The predicted octanol–water partition coefficient (Wildman–Crippen LogP) is -0.190. The molecule has 0 spiro atoms. The van der Waals surface area contributed by atoms with Gasteiger partial charge in [0.25, 0.3) is 11.5 Å². The summed E-state index contributed by atoms with van der Waals surface area (Å²) < 4.78 is 0. The Morgan fingerprint density at radius 1 is 1.67 bits per heavy atom. The van der Waals surface area contributed by atoms with Gasteiger partial charge in [0.1, 0.15) is 5.69 Å². The molecule has 15 heavy (non-hydrogen) atoms. The maximum atomic E-state index is 11.3. The van der Waals surface area contributed by atoms with E-state index in [9.17, 15) is 9.59 Å². The molecule has 8 nitrogen and oxygen atoms in total. The summed E-state index contributed by atoms with van der Waals surface area (Å²) >= 11 is 0. The Kier molecular flexibility index (Phi) is 3.87. The van der Waals surface area contributed by atoms with Crippen molar-refractivity contribution in [3.63, 3.8) is 0 Å². The van der Waals surface area contributed by atoms with Crippen molar-refractivity contribution in [3.8, 4) is 0 Å². The van der Waals surface area contributed by atoms with Gasteiger partial charge in [-0.05, 0) is 11.6 Å². The molecule has 8 heteroatoms. The molecular formula is C7H8N6O2. The molecule has 1 rings (SSSR count). The zero-order chi connectivity index (χ0) is 11.1. The number of azide groups is 1. The third kappa shape index (κ3) is 3.49. The normalized spacial score (nSPS) is 9.07. The van der Waals surface area contributed by atoms with E-state index < -0.39 is 5.91 Å². The molecule has 0 bridgehead atoms. The first-order valence-electron chi connectivity index (χ1n) is 4.09. The number of aromatic amines is 1. The van der Waals surface area contributed by atoms with E-state index in [2.05, 4.69) is 25.5 Å². The molecular weight excluding hydrogens is 200 g/mol. The van der Waals surface area contributed by atoms with Crippen molar-refractivity contribution < 1.29 is 4.79 Å². The van der Waals surface area contributed by atoms with Gasteiger partial charge in [-0.15, -0.1) is 0 Å². The van der Waals surface area contributed by atoms with Gasteiger partial charge < -0.3 is 5.32 Å². The SMILES string of the molecule is [N-]=[N+]=NCCNC(=O)c1ccc(=O)[nH]n1. The first kappa shape index (κ1) is 10.7. The van der Waals surface area contributed by atoms with Crippen LogP contribution in [-0.4, -0.2) is 29.2 Å². The van der Waals surface area contributed by atoms with Gasteiger partial charge in [-0.2, -0.15) is 5.10 Å². The molecule has 0 aromatic carbocycles. The molecule has 0 aliphatic carbocycles. The summed E-state index contributed by atoms with van der Waals surface area (Å²) in [6.45, 7) is 0.398. The van der Waals surface area contributed by atoms with E-state index in [1.165, 1.54) is 12.1 Å². The van der Waals surface area contributed by atoms with Crippen LogP contribution in [0.15, 0.2) is 22.0 Å². The first-order chi connectivity index (χ1) is 7.24. The van der Waals surface area contributed by atoms with Crippen LogP contribution in [0.3, 0.4) is 0 Å². The smallest absolute Gasteiger partial charge is 0.271 e. The molecule has 0 saturated heterocycles. The van der Waals surface area contributed by atoms with Crippen LogP contribution in [0.2, 0.25) is 0 Å². The highest BCUT2D eigenvalue weighted by molar-refractivity contribution is 5.91. The number of carbonyl (C=O) groups is 1. The third-order valence-corrected chi connectivity index (χ3v) is 1.47. The second kappa shape index (κ2) is 5.40. The average Bonchev–Trinajstić information content (AvgIpc) is 2.25. The molecule has 1 amide bonds. The predicted molar refractivity (Wildman–Crippen MR) is 51.2 cm³/mol. The fraction of sp³-hybridized carbons (Fsp3) is 0.286. The van der Waals surface area contributed by atoms with E-state index >= 15 is 0 Å². The van der Waals surface area contributed by atoms with Gasteiger partial charge in [0.15, 0.2) is 0 Å². The summed E-state index contributed by atoms with van der Waals surface area (Å²) in [6.07, 6.45) is 0. The lowest BCUT2D eigenvalue weighted by atomic mass is 10.3. The number of rotatable bonds is 4. The minimum Gasteiger partial charge on any atom is -0.351 e. The maximum Gasteiger partial charge on any atom is 0.271 e. The summed E-state index contributed by atoms with van der Waals surface area (Å²) in [6, 6.07) is 2.51. The molecule has 1 aromatic rings. The minimum atomic E-state index is -0.431. The second-order valence-corrected chi connectivity index (χ2v) is 2.52. The lowest BCUT2D eigenvalue weighted by Gasteiger charge is -2.00. The van der Waals surface area contributed by atoms with Crippen molar-refractivity contribution >= 4 is 5.91 Å². The Bertz CT molecular complexity index is 427. The minimum absolute atomic E-state index is 0.107. The van der Waals surface area contributed by atoms with Crippen LogP contribution in [0.4, 0.5) is 0 Å². The number of aromatic nitrogens is 2. The van der Waals surface area contributed by atoms with E-state index in [-0.39, 0.29) is 24.3 Å². The van der Waals surface area contributed by atoms with Crippen molar-refractivity contribution in [1.29, 1.82) is 0 Å². The van der Waals surface area contributed by atoms with Crippen molar-refractivity contribution in [3.05, 3.63) is 38.6 Å². The number of nitrogens with zero attached hydrogens (tertiary/aromatic N) is 4. The molecule has 1 aromatic heterocycles. The zero-order valence-corrected chi connectivity index (χ0v) is 7.67. The summed E-state index contributed by atoms with van der Waals surface area (Å²) in [7, 11) is 0. The molecule has 0 unspecified atom stereocenters. The Morgan fingerprint density at radius 3 is 3.07 bits per heavy atom. The summed E-state index contributed by atoms with van der Waals surface area (Å²) in [5.41, 5.74) is 7.71. The highest BCUT2D eigenvalue weighted by Gasteiger charge is 2.05. The molecule has 0 aliphatic rings. The van der Waals surface area contributed by atoms with Crippen LogP contribution in [0.1, 0.15) is 10.5 Å². The fourth-order valence-corrected chi connectivity index (χ4v) is 0.826. The highest BCUT2D eigenvalue weighted by Crippen LogP contribution is 1.87. The lowest BCUT2D eigenvalue weighted by molar-refractivity contribution is 0.0948. The molecule has 0 aliphatic heterocycles. The molecule has 0 atom stereocenters. The van der Waals surface area contributed by atoms with Crippen LogP contribution in [0, 0.1) is 0 Å². The van der Waals surface area contributed by atoms with Gasteiger partial charge in [0.05, 0.1) is 0 Å². The molecule has 0 radical (unpaired) electrons. The standard InChI is InChI=1S/C7H8N6O2/c8-13-10-4-3-9-7(15)5-1-2-6(14)12-11-5/h1-2H,3-4H2,(H,9,15)(H,12,14). The number of amides is 1.